The Hall–Kier alpha value is -1.09. The topological polar surface area (TPSA) is 29.1 Å². The van der Waals surface area contributed by atoms with Gasteiger partial charge in [0.05, 0.1) is 6.42 Å². The Morgan fingerprint density at radius 2 is 2.25 bits per heavy atom. The second-order valence-corrected chi connectivity index (χ2v) is 4.16. The molecule has 1 aromatic rings. The van der Waals surface area contributed by atoms with Crippen LogP contribution < -0.4 is 5.32 Å². The lowest BCUT2D eigenvalue weighted by Crippen LogP contribution is -2.33. The Morgan fingerprint density at radius 1 is 1.56 bits per heavy atom. The summed E-state index contributed by atoms with van der Waals surface area (Å²) >= 11 is 5.82. The van der Waals surface area contributed by atoms with Crippen molar-refractivity contribution in [2.45, 2.75) is 32.7 Å². The van der Waals surface area contributed by atoms with Gasteiger partial charge in [-0.25, -0.2) is 4.39 Å². The fourth-order valence-corrected chi connectivity index (χ4v) is 1.52. The SMILES string of the molecule is CCC(C)NC(=O)Cc1c(F)cccc1Cl. The zero-order valence-corrected chi connectivity index (χ0v) is 10.1. The number of carbonyl (C=O) groups is 1. The van der Waals surface area contributed by atoms with Crippen molar-refractivity contribution in [2.75, 3.05) is 0 Å². The van der Waals surface area contributed by atoms with E-state index in [0.717, 1.165) is 6.42 Å². The largest absolute Gasteiger partial charge is 0.353 e. The van der Waals surface area contributed by atoms with E-state index < -0.39 is 5.82 Å². The van der Waals surface area contributed by atoms with Crippen LogP contribution in [0.15, 0.2) is 18.2 Å². The highest BCUT2D eigenvalue weighted by atomic mass is 35.5. The number of amides is 1. The third-order valence-corrected chi connectivity index (χ3v) is 2.77. The lowest BCUT2D eigenvalue weighted by molar-refractivity contribution is -0.121. The summed E-state index contributed by atoms with van der Waals surface area (Å²) in [6.45, 7) is 3.88. The molecule has 0 aliphatic heterocycles. The van der Waals surface area contributed by atoms with Crippen LogP contribution in [-0.2, 0) is 11.2 Å². The number of hydrogen-bond donors (Lipinski definition) is 1. The van der Waals surface area contributed by atoms with Gasteiger partial charge in [-0.2, -0.15) is 0 Å². The van der Waals surface area contributed by atoms with Gasteiger partial charge in [0.25, 0.3) is 0 Å². The molecule has 0 aliphatic carbocycles. The first-order chi connectivity index (χ1) is 7.54. The smallest absolute Gasteiger partial charge is 0.224 e. The van der Waals surface area contributed by atoms with E-state index in [4.69, 9.17) is 11.6 Å². The van der Waals surface area contributed by atoms with E-state index in [-0.39, 0.29) is 23.9 Å². The van der Waals surface area contributed by atoms with Crippen molar-refractivity contribution >= 4 is 17.5 Å². The van der Waals surface area contributed by atoms with Crippen LogP contribution in [0.5, 0.6) is 0 Å². The highest BCUT2D eigenvalue weighted by molar-refractivity contribution is 6.31. The van der Waals surface area contributed by atoms with Gasteiger partial charge in [0, 0.05) is 16.6 Å². The standard InChI is InChI=1S/C12H15ClFNO/c1-3-8(2)15-12(16)7-9-10(13)5-4-6-11(9)14/h4-6,8H,3,7H2,1-2H3,(H,15,16). The summed E-state index contributed by atoms with van der Waals surface area (Å²) in [7, 11) is 0. The monoisotopic (exact) mass is 243 g/mol. The summed E-state index contributed by atoms with van der Waals surface area (Å²) in [6, 6.07) is 4.50. The predicted octanol–water partition coefficient (Wildman–Crippen LogP) is 2.94. The molecule has 0 fully saturated rings. The molecule has 2 nitrogen and oxygen atoms in total. The Labute approximate surface area is 99.8 Å². The Morgan fingerprint density at radius 3 is 2.81 bits per heavy atom. The van der Waals surface area contributed by atoms with Gasteiger partial charge in [0.2, 0.25) is 5.91 Å². The van der Waals surface area contributed by atoms with Crippen molar-refractivity contribution in [3.8, 4) is 0 Å². The van der Waals surface area contributed by atoms with E-state index in [2.05, 4.69) is 5.32 Å². The number of halogens is 2. The van der Waals surface area contributed by atoms with Gasteiger partial charge in [-0.1, -0.05) is 24.6 Å². The summed E-state index contributed by atoms with van der Waals surface area (Å²) < 4.78 is 13.4. The maximum atomic E-state index is 13.4. The molecule has 0 spiro atoms. The average molecular weight is 244 g/mol. The maximum Gasteiger partial charge on any atom is 0.224 e. The van der Waals surface area contributed by atoms with Crippen LogP contribution in [-0.4, -0.2) is 11.9 Å². The van der Waals surface area contributed by atoms with Gasteiger partial charge in [-0.15, -0.1) is 0 Å². The molecule has 0 aliphatic rings. The Bertz CT molecular complexity index is 361. The van der Waals surface area contributed by atoms with Gasteiger partial charge < -0.3 is 5.32 Å². The van der Waals surface area contributed by atoms with Crippen LogP contribution in [0.1, 0.15) is 25.8 Å². The fourth-order valence-electron chi connectivity index (χ4n) is 1.29. The van der Waals surface area contributed by atoms with E-state index in [1.54, 1.807) is 6.07 Å². The molecule has 1 amide bonds. The van der Waals surface area contributed by atoms with E-state index in [1.807, 2.05) is 13.8 Å². The fraction of sp³-hybridized carbons (Fsp3) is 0.417. The van der Waals surface area contributed by atoms with Crippen molar-refractivity contribution in [3.05, 3.63) is 34.6 Å². The zero-order valence-electron chi connectivity index (χ0n) is 9.39. The van der Waals surface area contributed by atoms with Crippen LogP contribution in [0.3, 0.4) is 0 Å². The molecule has 1 aromatic carbocycles. The van der Waals surface area contributed by atoms with Gasteiger partial charge in [-0.05, 0) is 25.5 Å². The quantitative estimate of drug-likeness (QED) is 0.866. The number of nitrogens with one attached hydrogen (secondary N) is 1. The van der Waals surface area contributed by atoms with Gasteiger partial charge in [0.15, 0.2) is 0 Å². The predicted molar refractivity (Wildman–Crippen MR) is 63.0 cm³/mol. The summed E-state index contributed by atoms with van der Waals surface area (Å²) in [5, 5.41) is 3.06. The van der Waals surface area contributed by atoms with E-state index in [0.29, 0.717) is 5.02 Å². The van der Waals surface area contributed by atoms with Crippen molar-refractivity contribution in [1.29, 1.82) is 0 Å². The Kier molecular flexibility index (Phi) is 4.74. The zero-order chi connectivity index (χ0) is 12.1. The molecule has 88 valence electrons. The van der Waals surface area contributed by atoms with Crippen molar-refractivity contribution in [1.82, 2.24) is 5.32 Å². The maximum absolute atomic E-state index is 13.4. The summed E-state index contributed by atoms with van der Waals surface area (Å²) in [6.07, 6.45) is 0.826. The number of carbonyl (C=O) groups excluding carboxylic acids is 1. The first-order valence-corrected chi connectivity index (χ1v) is 5.64. The summed E-state index contributed by atoms with van der Waals surface area (Å²) in [5.74, 6) is -0.645. The van der Waals surface area contributed by atoms with Gasteiger partial charge >= 0.3 is 0 Å². The molecule has 0 saturated heterocycles. The van der Waals surface area contributed by atoms with Crippen molar-refractivity contribution in [2.24, 2.45) is 0 Å². The number of benzene rings is 1. The lowest BCUT2D eigenvalue weighted by Gasteiger charge is -2.12. The van der Waals surface area contributed by atoms with Crippen LogP contribution in [0.25, 0.3) is 0 Å². The molecule has 1 unspecified atom stereocenters. The molecule has 0 saturated carbocycles. The summed E-state index contributed by atoms with van der Waals surface area (Å²) in [4.78, 5) is 11.5. The van der Waals surface area contributed by atoms with Crippen LogP contribution >= 0.6 is 11.6 Å². The molecule has 0 aromatic heterocycles. The lowest BCUT2D eigenvalue weighted by atomic mass is 10.1. The van der Waals surface area contributed by atoms with Crippen molar-refractivity contribution in [3.63, 3.8) is 0 Å². The number of rotatable bonds is 4. The molecule has 0 heterocycles. The molecule has 4 heteroatoms. The second kappa shape index (κ2) is 5.85. The first kappa shape index (κ1) is 13.0. The molecule has 16 heavy (non-hydrogen) atoms. The molecule has 1 N–H and O–H groups in total. The normalized spacial score (nSPS) is 12.2. The first-order valence-electron chi connectivity index (χ1n) is 5.26. The third-order valence-electron chi connectivity index (χ3n) is 2.42. The molecule has 0 radical (unpaired) electrons. The van der Waals surface area contributed by atoms with E-state index in [1.165, 1.54) is 12.1 Å². The highest BCUT2D eigenvalue weighted by Crippen LogP contribution is 2.19. The van der Waals surface area contributed by atoms with Crippen LogP contribution in [0, 0.1) is 5.82 Å². The minimum Gasteiger partial charge on any atom is -0.353 e. The average Bonchev–Trinajstić information content (AvgIpc) is 2.23. The minimum atomic E-state index is -0.438. The third kappa shape index (κ3) is 3.49. The minimum absolute atomic E-state index is 0.0180. The molecule has 0 bridgehead atoms. The number of hydrogen-bond acceptors (Lipinski definition) is 1. The molecule has 1 atom stereocenters. The second-order valence-electron chi connectivity index (χ2n) is 3.75. The van der Waals surface area contributed by atoms with E-state index >= 15 is 0 Å². The Balaban J connectivity index is 2.70. The van der Waals surface area contributed by atoms with Crippen LogP contribution in [0.2, 0.25) is 5.02 Å². The van der Waals surface area contributed by atoms with E-state index in [9.17, 15) is 9.18 Å². The summed E-state index contributed by atoms with van der Waals surface area (Å²) in [5.41, 5.74) is 0.255. The van der Waals surface area contributed by atoms with Gasteiger partial charge in [0.1, 0.15) is 5.82 Å². The molecular formula is C12H15ClFNO. The van der Waals surface area contributed by atoms with Gasteiger partial charge in [-0.3, -0.25) is 4.79 Å². The van der Waals surface area contributed by atoms with Crippen molar-refractivity contribution < 1.29 is 9.18 Å². The molecule has 1 rings (SSSR count). The highest BCUT2D eigenvalue weighted by Gasteiger charge is 2.12. The van der Waals surface area contributed by atoms with Crippen LogP contribution in [0.4, 0.5) is 4.39 Å². The molecular weight excluding hydrogens is 229 g/mol.